The quantitative estimate of drug-likeness (QED) is 0.177. The van der Waals surface area contributed by atoms with Crippen LogP contribution in [0.4, 0.5) is 0 Å². The zero-order valence-corrected chi connectivity index (χ0v) is 19.2. The summed E-state index contributed by atoms with van der Waals surface area (Å²) in [6, 6.07) is 0. The van der Waals surface area contributed by atoms with Crippen LogP contribution in [0.2, 0.25) is 0 Å². The van der Waals surface area contributed by atoms with Gasteiger partial charge in [0.05, 0.1) is 0 Å². The molecule has 0 heterocycles. The lowest BCUT2D eigenvalue weighted by Crippen LogP contribution is -2.11. The maximum Gasteiger partial charge on any atom is -0.0324 e. The fourth-order valence-corrected chi connectivity index (χ4v) is 4.20. The van der Waals surface area contributed by atoms with Crippen LogP contribution in [0.3, 0.4) is 0 Å². The highest BCUT2D eigenvalue weighted by Gasteiger charge is 2.16. The highest BCUT2D eigenvalue weighted by Crippen LogP contribution is 2.29. The summed E-state index contributed by atoms with van der Waals surface area (Å²) in [6.45, 7) is 9.33. The second kappa shape index (κ2) is 21.3. The van der Waals surface area contributed by atoms with Crippen LogP contribution in [0.15, 0.2) is 0 Å². The van der Waals surface area contributed by atoms with Crippen molar-refractivity contribution in [2.45, 2.75) is 150 Å². The summed E-state index contributed by atoms with van der Waals surface area (Å²) in [5, 5.41) is 0. The predicted molar refractivity (Wildman–Crippen MR) is 122 cm³/mol. The Morgan fingerprint density at radius 2 is 0.692 bits per heavy atom. The largest absolute Gasteiger partial charge is 0.0654 e. The van der Waals surface area contributed by atoms with Gasteiger partial charge in [-0.05, 0) is 18.3 Å². The van der Waals surface area contributed by atoms with E-state index >= 15 is 0 Å². The predicted octanol–water partition coefficient (Wildman–Crippen LogP) is 9.91. The molecule has 0 spiro atoms. The van der Waals surface area contributed by atoms with Gasteiger partial charge in [-0.25, -0.2) is 0 Å². The summed E-state index contributed by atoms with van der Waals surface area (Å²) in [4.78, 5) is 0. The van der Waals surface area contributed by atoms with Gasteiger partial charge in [0.25, 0.3) is 0 Å². The third-order valence-electron chi connectivity index (χ3n) is 6.01. The molecule has 0 nitrogen and oxygen atoms in total. The fourth-order valence-electron chi connectivity index (χ4n) is 4.20. The SMILES string of the molecule is CCCCCCCC([CH]C(CCCCC)CCCCCCC)CCCC. The lowest BCUT2D eigenvalue weighted by molar-refractivity contribution is 0.369. The van der Waals surface area contributed by atoms with Crippen molar-refractivity contribution >= 4 is 0 Å². The molecule has 0 aromatic rings. The van der Waals surface area contributed by atoms with E-state index in [2.05, 4.69) is 34.1 Å². The molecule has 0 fully saturated rings. The Bertz CT molecular complexity index is 244. The third kappa shape index (κ3) is 17.4. The lowest BCUT2D eigenvalue weighted by atomic mass is 9.82. The Morgan fingerprint density at radius 3 is 1.12 bits per heavy atom. The Hall–Kier alpha value is 0. The summed E-state index contributed by atoms with van der Waals surface area (Å²) in [5.74, 6) is 1.81. The number of hydrogen-bond acceptors (Lipinski definition) is 0. The molecule has 0 saturated carbocycles. The van der Waals surface area contributed by atoms with Crippen molar-refractivity contribution in [2.75, 3.05) is 0 Å². The van der Waals surface area contributed by atoms with E-state index in [0.717, 1.165) is 11.8 Å². The van der Waals surface area contributed by atoms with Gasteiger partial charge in [0.15, 0.2) is 0 Å². The van der Waals surface area contributed by atoms with Crippen LogP contribution in [-0.2, 0) is 0 Å². The summed E-state index contributed by atoms with van der Waals surface area (Å²) in [5.41, 5.74) is 0. The number of hydrogen-bond donors (Lipinski definition) is 0. The Balaban J connectivity index is 4.30. The van der Waals surface area contributed by atoms with Gasteiger partial charge in [-0.15, -0.1) is 0 Å². The molecular weight excluding hydrogens is 312 g/mol. The van der Waals surface area contributed by atoms with E-state index in [9.17, 15) is 0 Å². The summed E-state index contributed by atoms with van der Waals surface area (Å²) < 4.78 is 0. The normalized spacial score (nSPS) is 13.8. The second-order valence-corrected chi connectivity index (χ2v) is 8.76. The van der Waals surface area contributed by atoms with Crippen LogP contribution in [0.5, 0.6) is 0 Å². The van der Waals surface area contributed by atoms with E-state index in [4.69, 9.17) is 0 Å². The van der Waals surface area contributed by atoms with Crippen molar-refractivity contribution < 1.29 is 0 Å². The summed E-state index contributed by atoms with van der Waals surface area (Å²) >= 11 is 0. The molecule has 0 heteroatoms. The third-order valence-corrected chi connectivity index (χ3v) is 6.01. The van der Waals surface area contributed by atoms with Gasteiger partial charge in [-0.1, -0.05) is 150 Å². The van der Waals surface area contributed by atoms with Crippen molar-refractivity contribution in [3.8, 4) is 0 Å². The van der Waals surface area contributed by atoms with Crippen LogP contribution in [-0.4, -0.2) is 0 Å². The average molecular weight is 366 g/mol. The highest BCUT2D eigenvalue weighted by molar-refractivity contribution is 4.84. The smallest absolute Gasteiger partial charge is 0.0324 e. The van der Waals surface area contributed by atoms with Gasteiger partial charge in [0, 0.05) is 0 Å². The highest BCUT2D eigenvalue weighted by atomic mass is 14.2. The van der Waals surface area contributed by atoms with Crippen LogP contribution >= 0.6 is 0 Å². The molecule has 0 rings (SSSR count). The second-order valence-electron chi connectivity index (χ2n) is 8.76. The van der Waals surface area contributed by atoms with Crippen molar-refractivity contribution in [3.63, 3.8) is 0 Å². The van der Waals surface area contributed by atoms with E-state index in [1.165, 1.54) is 122 Å². The van der Waals surface area contributed by atoms with Gasteiger partial charge >= 0.3 is 0 Å². The standard InChI is InChI=1S/C26H53/c1-5-9-13-15-18-22-25(20-12-8-4)24-26(21-17-11-7-3)23-19-16-14-10-6-2/h24-26H,5-23H2,1-4H3. The Labute approximate surface area is 168 Å². The minimum absolute atomic E-state index is 0.902. The van der Waals surface area contributed by atoms with Crippen LogP contribution in [0.1, 0.15) is 150 Å². The molecule has 26 heavy (non-hydrogen) atoms. The summed E-state index contributed by atoms with van der Waals surface area (Å²) in [7, 11) is 0. The molecule has 0 N–H and O–H groups in total. The molecule has 2 atom stereocenters. The molecule has 157 valence electrons. The summed E-state index contributed by atoms with van der Waals surface area (Å²) in [6.07, 6.45) is 30.0. The first-order valence-electron chi connectivity index (χ1n) is 12.6. The molecule has 0 amide bonds. The van der Waals surface area contributed by atoms with E-state index in [0.29, 0.717) is 0 Å². The Morgan fingerprint density at radius 1 is 0.385 bits per heavy atom. The van der Waals surface area contributed by atoms with Crippen molar-refractivity contribution in [3.05, 3.63) is 6.42 Å². The molecular formula is C26H53. The van der Waals surface area contributed by atoms with E-state index in [1.54, 1.807) is 0 Å². The van der Waals surface area contributed by atoms with Crippen LogP contribution in [0.25, 0.3) is 0 Å². The molecule has 0 saturated heterocycles. The molecule has 0 aliphatic rings. The monoisotopic (exact) mass is 365 g/mol. The topological polar surface area (TPSA) is 0 Å². The van der Waals surface area contributed by atoms with Crippen LogP contribution in [0, 0.1) is 18.3 Å². The molecule has 2 unspecified atom stereocenters. The maximum absolute atomic E-state index is 2.84. The van der Waals surface area contributed by atoms with Gasteiger partial charge in [0.2, 0.25) is 0 Å². The fraction of sp³-hybridized carbons (Fsp3) is 0.962. The number of rotatable bonds is 21. The van der Waals surface area contributed by atoms with Crippen molar-refractivity contribution in [1.82, 2.24) is 0 Å². The van der Waals surface area contributed by atoms with E-state index < -0.39 is 0 Å². The van der Waals surface area contributed by atoms with E-state index in [1.807, 2.05) is 0 Å². The lowest BCUT2D eigenvalue weighted by Gasteiger charge is -2.24. The minimum Gasteiger partial charge on any atom is -0.0654 e. The average Bonchev–Trinajstić information content (AvgIpc) is 2.65. The first kappa shape index (κ1) is 26.0. The van der Waals surface area contributed by atoms with E-state index in [-0.39, 0.29) is 0 Å². The molecule has 0 aromatic carbocycles. The first-order valence-corrected chi connectivity index (χ1v) is 12.6. The molecule has 1 radical (unpaired) electrons. The zero-order valence-electron chi connectivity index (χ0n) is 19.2. The van der Waals surface area contributed by atoms with Gasteiger partial charge < -0.3 is 0 Å². The first-order chi connectivity index (χ1) is 12.8. The van der Waals surface area contributed by atoms with Gasteiger partial charge in [-0.2, -0.15) is 0 Å². The molecule has 0 aromatic heterocycles. The van der Waals surface area contributed by atoms with Crippen molar-refractivity contribution in [1.29, 1.82) is 0 Å². The molecule has 0 aliphatic carbocycles. The molecule has 0 bridgehead atoms. The van der Waals surface area contributed by atoms with Gasteiger partial charge in [0.1, 0.15) is 0 Å². The Kier molecular flexibility index (Phi) is 21.3. The van der Waals surface area contributed by atoms with Crippen molar-refractivity contribution in [2.24, 2.45) is 11.8 Å². The van der Waals surface area contributed by atoms with Gasteiger partial charge in [-0.3, -0.25) is 0 Å². The zero-order chi connectivity index (χ0) is 19.3. The molecule has 0 aliphatic heterocycles. The minimum atomic E-state index is 0.902. The van der Waals surface area contributed by atoms with Crippen LogP contribution < -0.4 is 0 Å². The maximum atomic E-state index is 2.84. The number of unbranched alkanes of at least 4 members (excludes halogenated alkanes) is 11.